The Labute approximate surface area is 114 Å². The molecule has 2 rings (SSSR count). The zero-order valence-corrected chi connectivity index (χ0v) is 11.7. The van der Waals surface area contributed by atoms with Crippen molar-refractivity contribution in [2.45, 2.75) is 5.88 Å². The molecule has 0 spiro atoms. The Morgan fingerprint density at radius 2 is 2.19 bits per heavy atom. The summed E-state index contributed by atoms with van der Waals surface area (Å²) in [5, 5.41) is 9.34. The van der Waals surface area contributed by atoms with E-state index >= 15 is 0 Å². The van der Waals surface area contributed by atoms with Crippen molar-refractivity contribution in [2.75, 3.05) is 0 Å². The molecule has 0 saturated carbocycles. The molecule has 7 heteroatoms. The SMILES string of the molecule is ClCc1nnc(Oc2cc(Br)ccc2Cl)s1. The summed E-state index contributed by atoms with van der Waals surface area (Å²) < 4.78 is 6.38. The highest BCUT2D eigenvalue weighted by Crippen LogP contribution is 2.33. The number of ether oxygens (including phenoxy) is 1. The fourth-order valence-corrected chi connectivity index (χ4v) is 2.25. The van der Waals surface area contributed by atoms with Gasteiger partial charge >= 0.3 is 0 Å². The van der Waals surface area contributed by atoms with Crippen LogP contribution in [0, 0.1) is 0 Å². The van der Waals surface area contributed by atoms with Crippen LogP contribution in [0.3, 0.4) is 0 Å². The van der Waals surface area contributed by atoms with Crippen LogP contribution in [-0.2, 0) is 5.88 Å². The molecule has 0 unspecified atom stereocenters. The fourth-order valence-electron chi connectivity index (χ4n) is 0.983. The minimum atomic E-state index is 0.327. The Bertz CT molecular complexity index is 506. The third kappa shape index (κ3) is 2.85. The first kappa shape index (κ1) is 12.1. The third-order valence-electron chi connectivity index (χ3n) is 1.65. The summed E-state index contributed by atoms with van der Waals surface area (Å²) in [7, 11) is 0. The summed E-state index contributed by atoms with van der Waals surface area (Å²) in [6, 6.07) is 5.34. The molecule has 0 bridgehead atoms. The van der Waals surface area contributed by atoms with Crippen molar-refractivity contribution in [3.8, 4) is 10.9 Å². The molecule has 0 aliphatic rings. The second-order valence-corrected chi connectivity index (χ2v) is 5.39. The summed E-state index contributed by atoms with van der Waals surface area (Å²) in [4.78, 5) is 0. The van der Waals surface area contributed by atoms with Crippen molar-refractivity contribution < 1.29 is 4.74 Å². The van der Waals surface area contributed by atoms with Gasteiger partial charge in [0, 0.05) is 4.47 Å². The van der Waals surface area contributed by atoms with Crippen LogP contribution in [0.1, 0.15) is 5.01 Å². The molecule has 0 atom stereocenters. The lowest BCUT2D eigenvalue weighted by atomic mass is 10.3. The van der Waals surface area contributed by atoms with Crippen LogP contribution >= 0.6 is 50.5 Å². The van der Waals surface area contributed by atoms with E-state index in [1.54, 1.807) is 12.1 Å². The van der Waals surface area contributed by atoms with Crippen LogP contribution in [0.15, 0.2) is 22.7 Å². The van der Waals surface area contributed by atoms with Gasteiger partial charge in [0.05, 0.1) is 10.9 Å². The van der Waals surface area contributed by atoms with E-state index in [1.165, 1.54) is 11.3 Å². The Morgan fingerprint density at radius 1 is 1.38 bits per heavy atom. The molecule has 1 heterocycles. The van der Waals surface area contributed by atoms with Gasteiger partial charge in [0.25, 0.3) is 5.19 Å². The minimum Gasteiger partial charge on any atom is -0.428 e. The third-order valence-corrected chi connectivity index (χ3v) is 3.67. The standard InChI is InChI=1S/C9H5BrCl2N2OS/c10-5-1-2-6(12)7(3-5)15-9-14-13-8(4-11)16-9/h1-3H,4H2. The smallest absolute Gasteiger partial charge is 0.299 e. The lowest BCUT2D eigenvalue weighted by Gasteiger charge is -2.03. The molecule has 84 valence electrons. The number of benzene rings is 1. The Hall–Kier alpha value is -0.360. The number of alkyl halides is 1. The number of aromatic nitrogens is 2. The van der Waals surface area contributed by atoms with E-state index in [1.807, 2.05) is 6.07 Å². The molecular formula is C9H5BrCl2N2OS. The molecule has 0 amide bonds. The van der Waals surface area contributed by atoms with Crippen LogP contribution in [0.4, 0.5) is 0 Å². The van der Waals surface area contributed by atoms with Gasteiger partial charge < -0.3 is 4.74 Å². The molecule has 1 aromatic heterocycles. The van der Waals surface area contributed by atoms with Gasteiger partial charge in [-0.15, -0.1) is 16.7 Å². The van der Waals surface area contributed by atoms with Gasteiger partial charge in [-0.25, -0.2) is 0 Å². The van der Waals surface area contributed by atoms with E-state index in [-0.39, 0.29) is 0 Å². The zero-order valence-electron chi connectivity index (χ0n) is 7.78. The average Bonchev–Trinajstić information content (AvgIpc) is 2.71. The second-order valence-electron chi connectivity index (χ2n) is 2.77. The first-order valence-electron chi connectivity index (χ1n) is 4.20. The van der Waals surface area contributed by atoms with Gasteiger partial charge in [0.2, 0.25) is 0 Å². The monoisotopic (exact) mass is 338 g/mol. The van der Waals surface area contributed by atoms with Crippen molar-refractivity contribution in [1.82, 2.24) is 10.2 Å². The number of hydrogen-bond donors (Lipinski definition) is 0. The Morgan fingerprint density at radius 3 is 2.88 bits per heavy atom. The first-order valence-corrected chi connectivity index (χ1v) is 6.72. The lowest BCUT2D eigenvalue weighted by molar-refractivity contribution is 0.473. The van der Waals surface area contributed by atoms with Crippen molar-refractivity contribution in [1.29, 1.82) is 0 Å². The van der Waals surface area contributed by atoms with E-state index in [0.29, 0.717) is 26.9 Å². The summed E-state index contributed by atoms with van der Waals surface area (Å²) in [5.41, 5.74) is 0. The molecule has 16 heavy (non-hydrogen) atoms. The van der Waals surface area contributed by atoms with Gasteiger partial charge in [0.15, 0.2) is 0 Å². The highest BCUT2D eigenvalue weighted by Gasteiger charge is 2.08. The van der Waals surface area contributed by atoms with E-state index in [9.17, 15) is 0 Å². The highest BCUT2D eigenvalue weighted by molar-refractivity contribution is 9.10. The summed E-state index contributed by atoms with van der Waals surface area (Å²) in [5.74, 6) is 0.862. The van der Waals surface area contributed by atoms with Crippen LogP contribution in [-0.4, -0.2) is 10.2 Å². The molecule has 0 saturated heterocycles. The lowest BCUT2D eigenvalue weighted by Crippen LogP contribution is -1.84. The molecule has 3 nitrogen and oxygen atoms in total. The van der Waals surface area contributed by atoms with Gasteiger partial charge in [-0.2, -0.15) is 0 Å². The first-order chi connectivity index (χ1) is 7.69. The molecule has 0 radical (unpaired) electrons. The number of hydrogen-bond acceptors (Lipinski definition) is 4. The van der Waals surface area contributed by atoms with Crippen molar-refractivity contribution >= 4 is 50.5 Å². The topological polar surface area (TPSA) is 35.0 Å². The molecule has 0 aliphatic heterocycles. The second kappa shape index (κ2) is 5.31. The maximum absolute atomic E-state index is 5.97. The summed E-state index contributed by atoms with van der Waals surface area (Å²) in [6.45, 7) is 0. The molecule has 0 aliphatic carbocycles. The average molecular weight is 340 g/mol. The Kier molecular flexibility index (Phi) is 4.02. The summed E-state index contributed by atoms with van der Waals surface area (Å²) >= 11 is 16.2. The van der Waals surface area contributed by atoms with E-state index < -0.39 is 0 Å². The predicted molar refractivity (Wildman–Crippen MR) is 68.7 cm³/mol. The van der Waals surface area contributed by atoms with Crippen LogP contribution < -0.4 is 4.74 Å². The molecule has 0 fully saturated rings. The fraction of sp³-hybridized carbons (Fsp3) is 0.111. The number of halogens is 3. The van der Waals surface area contributed by atoms with Gasteiger partial charge in [-0.05, 0) is 18.2 Å². The quantitative estimate of drug-likeness (QED) is 0.773. The van der Waals surface area contributed by atoms with Crippen molar-refractivity contribution in [3.05, 3.63) is 32.7 Å². The molecule has 2 aromatic rings. The zero-order chi connectivity index (χ0) is 11.5. The van der Waals surface area contributed by atoms with Gasteiger partial charge in [0.1, 0.15) is 10.8 Å². The number of rotatable bonds is 3. The maximum atomic E-state index is 5.97. The van der Waals surface area contributed by atoms with Gasteiger partial charge in [-0.1, -0.05) is 44.0 Å². The number of nitrogens with zero attached hydrogens (tertiary/aromatic N) is 2. The van der Waals surface area contributed by atoms with E-state index in [2.05, 4.69) is 26.1 Å². The molecule has 1 aromatic carbocycles. The molecular weight excluding hydrogens is 335 g/mol. The van der Waals surface area contributed by atoms with Crippen LogP contribution in [0.2, 0.25) is 5.02 Å². The summed E-state index contributed by atoms with van der Waals surface area (Å²) in [6.07, 6.45) is 0. The van der Waals surface area contributed by atoms with E-state index in [0.717, 1.165) is 4.47 Å². The highest BCUT2D eigenvalue weighted by atomic mass is 79.9. The van der Waals surface area contributed by atoms with Crippen LogP contribution in [0.5, 0.6) is 10.9 Å². The normalized spacial score (nSPS) is 10.4. The minimum absolute atomic E-state index is 0.327. The van der Waals surface area contributed by atoms with Crippen molar-refractivity contribution in [2.24, 2.45) is 0 Å². The predicted octanol–water partition coefficient (Wildman–Crippen LogP) is 4.49. The molecule has 0 N–H and O–H groups in total. The maximum Gasteiger partial charge on any atom is 0.299 e. The van der Waals surface area contributed by atoms with Gasteiger partial charge in [-0.3, -0.25) is 0 Å². The Balaban J connectivity index is 2.22. The van der Waals surface area contributed by atoms with Crippen molar-refractivity contribution in [3.63, 3.8) is 0 Å². The van der Waals surface area contributed by atoms with E-state index in [4.69, 9.17) is 27.9 Å². The largest absolute Gasteiger partial charge is 0.428 e. The van der Waals surface area contributed by atoms with Crippen LogP contribution in [0.25, 0.3) is 0 Å².